The van der Waals surface area contributed by atoms with Crippen molar-refractivity contribution in [2.75, 3.05) is 58.2 Å². The normalized spacial score (nSPS) is 24.7. The van der Waals surface area contributed by atoms with Gasteiger partial charge in [-0.3, -0.25) is 19.4 Å². The Labute approximate surface area is 410 Å². The maximum atomic E-state index is 14.9. The third-order valence-electron chi connectivity index (χ3n) is 13.7. The molecule has 0 radical (unpaired) electrons. The van der Waals surface area contributed by atoms with E-state index in [0.29, 0.717) is 76.8 Å². The fourth-order valence-electron chi connectivity index (χ4n) is 9.69. The van der Waals surface area contributed by atoms with Crippen LogP contribution in [0.2, 0.25) is 5.02 Å². The Kier molecular flexibility index (Phi) is 15.9. The van der Waals surface area contributed by atoms with Crippen LogP contribution in [0.3, 0.4) is 0 Å². The largest absolute Gasteiger partial charge is 0.491 e. The van der Waals surface area contributed by atoms with E-state index in [1.807, 2.05) is 58.7 Å². The van der Waals surface area contributed by atoms with Gasteiger partial charge in [0.25, 0.3) is 0 Å². The highest BCUT2D eigenvalue weighted by atomic mass is 35.5. The van der Waals surface area contributed by atoms with Crippen molar-refractivity contribution in [3.63, 3.8) is 0 Å². The number of thiazole rings is 1. The summed E-state index contributed by atoms with van der Waals surface area (Å²) in [6.07, 6.45) is -2.51. The molecule has 4 fully saturated rings. The number of aliphatic carboxylic acids is 1. The summed E-state index contributed by atoms with van der Waals surface area (Å²) in [5, 5.41) is 22.4. The van der Waals surface area contributed by atoms with Gasteiger partial charge in [0.05, 0.1) is 24.3 Å². The Morgan fingerprint density at radius 2 is 1.72 bits per heavy atom. The van der Waals surface area contributed by atoms with Crippen molar-refractivity contribution < 1.29 is 51.7 Å². The molecule has 69 heavy (non-hydrogen) atoms. The molecule has 16 nitrogen and oxygen atoms in total. The molecular weight excluding hydrogens is 941 g/mol. The third-order valence-corrected chi connectivity index (χ3v) is 14.8. The summed E-state index contributed by atoms with van der Waals surface area (Å²) in [5.74, 6) is -0.807. The van der Waals surface area contributed by atoms with E-state index in [1.165, 1.54) is 28.2 Å². The second kappa shape index (κ2) is 21.0. The maximum absolute atomic E-state index is 14.9. The number of hydrogen-bond acceptors (Lipinski definition) is 13. The van der Waals surface area contributed by atoms with Crippen LogP contribution in [0.4, 0.5) is 23.1 Å². The minimum Gasteiger partial charge on any atom is -0.491 e. The molecule has 0 bridgehead atoms. The average Bonchev–Trinajstić information content (AvgIpc) is 3.93. The van der Waals surface area contributed by atoms with E-state index >= 15 is 0 Å². The second-order valence-corrected chi connectivity index (χ2v) is 21.7. The lowest BCUT2D eigenvalue weighted by Crippen LogP contribution is -2.59. The molecule has 7 rings (SSSR count). The molecule has 3 aliphatic carbocycles. The number of aromatic nitrogens is 2. The molecule has 4 N–H and O–H groups in total. The highest BCUT2D eigenvalue weighted by molar-refractivity contribution is 7.14. The van der Waals surface area contributed by atoms with Crippen molar-refractivity contribution in [2.24, 2.45) is 23.2 Å². The number of likely N-dealkylation sites (N-methyl/N-ethyl adjacent to an activating group) is 2. The summed E-state index contributed by atoms with van der Waals surface area (Å²) in [6, 6.07) is 2.98. The number of pyridine rings is 1. The molecule has 1 aliphatic heterocycles. The lowest BCUT2D eigenvalue weighted by molar-refractivity contribution is -0.146. The number of ether oxygens (including phenoxy) is 3. The first kappa shape index (κ1) is 52.2. The van der Waals surface area contributed by atoms with Gasteiger partial charge in [0.2, 0.25) is 11.8 Å². The first-order valence-electron chi connectivity index (χ1n) is 23.9. The van der Waals surface area contributed by atoms with E-state index in [9.17, 15) is 37.5 Å². The van der Waals surface area contributed by atoms with Gasteiger partial charge in [0.1, 0.15) is 58.7 Å². The summed E-state index contributed by atoms with van der Waals surface area (Å²) in [4.78, 5) is 69.5. The van der Waals surface area contributed by atoms with E-state index in [4.69, 9.17) is 35.8 Å². The molecule has 2 aromatic heterocycles. The van der Waals surface area contributed by atoms with E-state index in [2.05, 4.69) is 16.0 Å². The standard InChI is InChI=1S/C48H66ClF3N8O8S/c1-9-29-22-47(29,43(63)64)57-41(61)35-20-31(23-60(35)42(62)40(46(5,6)7)56-45(65)68-30-18-27-17-28(27)19-30)67-37-21-33(34-24-69-44(55-34)53-26(3)4)54-39-32(37)11-12-36(38(39)49)66-16-15-59(10-2)14-13-58(8)25-48(50,51)52/h11-12,21,24,26-31,35,40H,9-10,13-20,22-23,25H2,1-8H3,(H,53,55)(H,56,65)(H,57,61)(H,63,64)/t27-,28?,29-,30?,31-,35+,40-,47?/m1/s1. The summed E-state index contributed by atoms with van der Waals surface area (Å²) in [6.45, 7) is 13.9. The van der Waals surface area contributed by atoms with Crippen LogP contribution >= 0.6 is 22.9 Å². The van der Waals surface area contributed by atoms with E-state index in [0.717, 1.165) is 19.3 Å². The van der Waals surface area contributed by atoms with E-state index < -0.39 is 65.7 Å². The lowest BCUT2D eigenvalue weighted by atomic mass is 9.85. The van der Waals surface area contributed by atoms with Gasteiger partial charge in [0, 0.05) is 48.9 Å². The Morgan fingerprint density at radius 1 is 1.00 bits per heavy atom. The quantitative estimate of drug-likeness (QED) is 0.0815. The number of halogens is 4. The van der Waals surface area contributed by atoms with Crippen molar-refractivity contribution in [3.8, 4) is 22.9 Å². The molecule has 1 saturated heterocycles. The van der Waals surface area contributed by atoms with Gasteiger partial charge < -0.3 is 40.2 Å². The first-order valence-corrected chi connectivity index (χ1v) is 25.2. The smallest absolute Gasteiger partial charge is 0.408 e. The summed E-state index contributed by atoms with van der Waals surface area (Å²) in [5.41, 5.74) is -1.01. The van der Waals surface area contributed by atoms with E-state index in [1.54, 1.807) is 18.2 Å². The molecule has 3 amide bonds. The maximum Gasteiger partial charge on any atom is 0.408 e. The SMILES string of the molecule is CC[C@@H]1CC1(NC(=O)[C@@H]1C[C@@H](Oc2cc(-c3csc(NC(C)C)n3)nc3c(Cl)c(OCCN(CC)CCN(C)CC(F)(F)F)ccc23)CN1C(=O)[C@@H](NC(=O)OC1CC2C[C@@H]2C1)C(C)(C)C)C(=O)O. The molecule has 3 heterocycles. The van der Waals surface area contributed by atoms with Gasteiger partial charge in [-0.1, -0.05) is 52.6 Å². The van der Waals surface area contributed by atoms with Crippen LogP contribution in [0, 0.1) is 23.2 Å². The lowest BCUT2D eigenvalue weighted by Gasteiger charge is -2.35. The number of benzene rings is 1. The highest BCUT2D eigenvalue weighted by Gasteiger charge is 2.61. The number of fused-ring (bicyclic) bond motifs is 2. The van der Waals surface area contributed by atoms with E-state index in [-0.39, 0.29) is 55.6 Å². The fraction of sp³-hybridized carbons (Fsp3) is 0.667. The van der Waals surface area contributed by atoms with Crippen molar-refractivity contribution in [3.05, 3.63) is 28.6 Å². The van der Waals surface area contributed by atoms with Crippen LogP contribution in [-0.2, 0) is 19.1 Å². The number of carbonyl (C=O) groups excluding carboxylic acids is 3. The Morgan fingerprint density at radius 3 is 2.35 bits per heavy atom. The molecule has 0 spiro atoms. The molecule has 21 heteroatoms. The van der Waals surface area contributed by atoms with Crippen LogP contribution in [0.25, 0.3) is 22.3 Å². The number of likely N-dealkylation sites (tertiary alicyclic amines) is 1. The Balaban J connectivity index is 1.16. The predicted octanol–water partition coefficient (Wildman–Crippen LogP) is 7.68. The minimum atomic E-state index is -4.29. The minimum absolute atomic E-state index is 0.0105. The molecular formula is C48H66ClF3N8O8S. The van der Waals surface area contributed by atoms with Crippen molar-refractivity contribution in [1.29, 1.82) is 0 Å². The predicted molar refractivity (Wildman–Crippen MR) is 257 cm³/mol. The van der Waals surface area contributed by atoms with Crippen LogP contribution in [-0.4, -0.2) is 149 Å². The van der Waals surface area contributed by atoms with Gasteiger partial charge in [-0.25, -0.2) is 19.6 Å². The number of rotatable bonds is 21. The zero-order chi connectivity index (χ0) is 50.2. The molecule has 3 aromatic rings. The number of amides is 3. The highest BCUT2D eigenvalue weighted by Crippen LogP contribution is 2.52. The molecule has 3 saturated carbocycles. The van der Waals surface area contributed by atoms with Crippen LogP contribution in [0.5, 0.6) is 11.5 Å². The van der Waals surface area contributed by atoms with Gasteiger partial charge in [-0.05, 0) is 88.4 Å². The van der Waals surface area contributed by atoms with Gasteiger partial charge >= 0.3 is 18.2 Å². The topological polar surface area (TPSA) is 188 Å². The zero-order valence-corrected chi connectivity index (χ0v) is 42.2. The zero-order valence-electron chi connectivity index (χ0n) is 40.6. The van der Waals surface area contributed by atoms with Crippen LogP contribution in [0.15, 0.2) is 23.6 Å². The number of nitrogens with zero attached hydrogens (tertiary/aromatic N) is 5. The van der Waals surface area contributed by atoms with Crippen molar-refractivity contribution in [1.82, 2.24) is 35.3 Å². The monoisotopic (exact) mass is 1010 g/mol. The number of alkyl carbamates (subject to hydrolysis) is 1. The molecule has 3 unspecified atom stereocenters. The molecule has 8 atom stereocenters. The number of carbonyl (C=O) groups is 4. The second-order valence-electron chi connectivity index (χ2n) is 20.5. The number of alkyl halides is 3. The van der Waals surface area contributed by atoms with Crippen LogP contribution < -0.4 is 25.4 Å². The third kappa shape index (κ3) is 12.6. The molecule has 4 aliphatic rings. The van der Waals surface area contributed by atoms with Gasteiger partial charge in [0.15, 0.2) is 5.13 Å². The fourth-order valence-corrected chi connectivity index (χ4v) is 10.8. The summed E-state index contributed by atoms with van der Waals surface area (Å²) < 4.78 is 57.5. The number of carboxylic acids is 1. The average molecular weight is 1010 g/mol. The Bertz CT molecular complexity index is 2360. The molecule has 380 valence electrons. The number of anilines is 1. The van der Waals surface area contributed by atoms with Crippen molar-refractivity contribution >= 4 is 62.8 Å². The van der Waals surface area contributed by atoms with Gasteiger partial charge in [-0.2, -0.15) is 13.2 Å². The number of nitrogens with one attached hydrogen (secondary N) is 3. The number of hydrogen-bond donors (Lipinski definition) is 4. The van der Waals surface area contributed by atoms with Gasteiger partial charge in [-0.15, -0.1) is 11.3 Å². The van der Waals surface area contributed by atoms with Crippen LogP contribution in [0.1, 0.15) is 87.0 Å². The first-order chi connectivity index (χ1) is 32.5. The summed E-state index contributed by atoms with van der Waals surface area (Å²) in [7, 11) is 1.43. The number of carboxylic acid groups (broad SMARTS) is 1. The van der Waals surface area contributed by atoms with Crippen molar-refractivity contribution in [2.45, 2.75) is 129 Å². The molecule has 1 aromatic carbocycles. The Hall–Kier alpha value is -4.66. The summed E-state index contributed by atoms with van der Waals surface area (Å²) >= 11 is 8.50.